The van der Waals surface area contributed by atoms with E-state index in [4.69, 9.17) is 16.3 Å². The van der Waals surface area contributed by atoms with E-state index in [0.717, 1.165) is 5.56 Å². The van der Waals surface area contributed by atoms with Crippen LogP contribution < -0.4 is 21.1 Å². The van der Waals surface area contributed by atoms with Crippen LogP contribution in [0.15, 0.2) is 65.5 Å². The van der Waals surface area contributed by atoms with Gasteiger partial charge in [-0.1, -0.05) is 35.9 Å². The summed E-state index contributed by atoms with van der Waals surface area (Å²) in [5.74, 6) is 1.01. The third kappa shape index (κ3) is 4.13. The Hall–Kier alpha value is -3.71. The molecule has 0 saturated carbocycles. The van der Waals surface area contributed by atoms with Gasteiger partial charge in [0, 0.05) is 20.2 Å². The van der Waals surface area contributed by atoms with E-state index in [9.17, 15) is 9.59 Å². The minimum absolute atomic E-state index is 0.173. The van der Waals surface area contributed by atoms with E-state index in [-0.39, 0.29) is 5.69 Å². The van der Waals surface area contributed by atoms with E-state index in [1.54, 1.807) is 38.4 Å². The molecule has 8 heteroatoms. The van der Waals surface area contributed by atoms with Crippen LogP contribution in [0.3, 0.4) is 0 Å². The molecule has 31 heavy (non-hydrogen) atoms. The van der Waals surface area contributed by atoms with Crippen LogP contribution in [-0.4, -0.2) is 15.2 Å². The first-order valence-corrected chi connectivity index (χ1v) is 9.98. The van der Waals surface area contributed by atoms with Crippen molar-refractivity contribution in [2.24, 2.45) is 14.1 Å². The summed E-state index contributed by atoms with van der Waals surface area (Å²) in [4.78, 5) is 25.1. The molecule has 0 aliphatic heterocycles. The van der Waals surface area contributed by atoms with Crippen LogP contribution >= 0.6 is 11.6 Å². The lowest BCUT2D eigenvalue weighted by atomic mass is 10.2. The molecule has 7 nitrogen and oxygen atoms in total. The monoisotopic (exact) mass is 436 g/mol. The minimum Gasteiger partial charge on any atom is -0.455 e. The number of carbonyl (C=O) groups excluding carboxylic acids is 1. The van der Waals surface area contributed by atoms with Crippen LogP contribution in [0.5, 0.6) is 11.5 Å². The van der Waals surface area contributed by atoms with Gasteiger partial charge in [0.25, 0.3) is 0 Å². The summed E-state index contributed by atoms with van der Waals surface area (Å²) in [5, 5.41) is 6.00. The van der Waals surface area contributed by atoms with Crippen molar-refractivity contribution >= 4 is 40.0 Å². The first kappa shape index (κ1) is 20.6. The quantitative estimate of drug-likeness (QED) is 0.457. The Kier molecular flexibility index (Phi) is 5.44. The Balaban J connectivity index is 1.72. The number of hydrogen-bond donors (Lipinski definition) is 2. The van der Waals surface area contributed by atoms with Crippen LogP contribution in [0.2, 0.25) is 5.02 Å². The van der Waals surface area contributed by atoms with Crippen molar-refractivity contribution in [2.45, 2.75) is 6.92 Å². The predicted molar refractivity (Wildman–Crippen MR) is 124 cm³/mol. The molecule has 0 aliphatic rings. The van der Waals surface area contributed by atoms with Crippen molar-refractivity contribution in [3.05, 3.63) is 81.7 Å². The number of halogens is 1. The second kappa shape index (κ2) is 8.20. The smallest absolute Gasteiger partial charge is 0.328 e. The summed E-state index contributed by atoms with van der Waals surface area (Å²) in [6, 6.07) is 17.5. The highest BCUT2D eigenvalue weighted by Gasteiger charge is 2.16. The number of aryl methyl sites for hydroxylation is 3. The first-order valence-electron chi connectivity index (χ1n) is 9.60. The maximum absolute atomic E-state index is 12.7. The molecule has 158 valence electrons. The summed E-state index contributed by atoms with van der Waals surface area (Å²) in [5.41, 5.74) is 3.07. The van der Waals surface area contributed by atoms with Crippen LogP contribution in [0, 0.1) is 6.92 Å². The average molecular weight is 437 g/mol. The molecule has 2 N–H and O–H groups in total. The topological polar surface area (TPSA) is 77.3 Å². The van der Waals surface area contributed by atoms with E-state index < -0.39 is 6.03 Å². The molecular weight excluding hydrogens is 416 g/mol. The number of amides is 2. The number of ether oxygens (including phenoxy) is 1. The molecule has 1 aromatic heterocycles. The van der Waals surface area contributed by atoms with Crippen molar-refractivity contribution in [3.8, 4) is 11.5 Å². The zero-order valence-electron chi connectivity index (χ0n) is 17.3. The fourth-order valence-electron chi connectivity index (χ4n) is 3.32. The van der Waals surface area contributed by atoms with E-state index in [0.29, 0.717) is 38.9 Å². The lowest BCUT2D eigenvalue weighted by Gasteiger charge is -2.14. The van der Waals surface area contributed by atoms with E-state index >= 15 is 0 Å². The summed E-state index contributed by atoms with van der Waals surface area (Å²) in [6.07, 6.45) is 0. The summed E-state index contributed by atoms with van der Waals surface area (Å²) >= 11 is 6.23. The van der Waals surface area contributed by atoms with Gasteiger partial charge in [0.1, 0.15) is 5.75 Å². The van der Waals surface area contributed by atoms with Gasteiger partial charge in [0.2, 0.25) is 0 Å². The molecule has 1 heterocycles. The molecule has 0 aliphatic carbocycles. The van der Waals surface area contributed by atoms with Gasteiger partial charge in [0.15, 0.2) is 5.75 Å². The van der Waals surface area contributed by atoms with E-state index in [1.807, 2.05) is 43.3 Å². The Morgan fingerprint density at radius 3 is 2.23 bits per heavy atom. The van der Waals surface area contributed by atoms with Gasteiger partial charge in [-0.25, -0.2) is 9.59 Å². The number of rotatable bonds is 4. The third-order valence-electron chi connectivity index (χ3n) is 4.97. The molecule has 0 unspecified atom stereocenters. The Morgan fingerprint density at radius 1 is 0.903 bits per heavy atom. The number of anilines is 2. The number of imidazole rings is 1. The number of aromatic nitrogens is 2. The van der Waals surface area contributed by atoms with E-state index in [1.165, 1.54) is 9.13 Å². The van der Waals surface area contributed by atoms with Crippen molar-refractivity contribution in [3.63, 3.8) is 0 Å². The highest BCUT2D eigenvalue weighted by Crippen LogP contribution is 2.34. The fourth-order valence-corrected chi connectivity index (χ4v) is 3.60. The molecule has 3 aromatic carbocycles. The standard InChI is InChI=1S/C23H21ClN4O3/c1-14-9-10-17(16(24)11-14)25-22(29)26-18-12-19-20(28(3)23(30)27(19)2)13-21(18)31-15-7-5-4-6-8-15/h4-13H,1-3H3,(H2,25,26,29). The minimum atomic E-state index is -0.482. The number of fused-ring (bicyclic) bond motifs is 1. The maximum Gasteiger partial charge on any atom is 0.328 e. The summed E-state index contributed by atoms with van der Waals surface area (Å²) in [7, 11) is 3.37. The van der Waals surface area contributed by atoms with Gasteiger partial charge in [0.05, 0.1) is 27.4 Å². The SMILES string of the molecule is Cc1ccc(NC(=O)Nc2cc3c(cc2Oc2ccccc2)n(C)c(=O)n3C)c(Cl)c1. The average Bonchev–Trinajstić information content (AvgIpc) is 2.95. The summed E-state index contributed by atoms with van der Waals surface area (Å²) in [6.45, 7) is 1.92. The van der Waals surface area contributed by atoms with Gasteiger partial charge in [-0.05, 0) is 42.8 Å². The number of carbonyl (C=O) groups is 1. The van der Waals surface area contributed by atoms with Crippen molar-refractivity contribution < 1.29 is 9.53 Å². The number of nitrogens with zero attached hydrogens (tertiary/aromatic N) is 2. The largest absolute Gasteiger partial charge is 0.455 e. The number of nitrogens with one attached hydrogen (secondary N) is 2. The third-order valence-corrected chi connectivity index (χ3v) is 5.28. The van der Waals surface area contributed by atoms with Crippen molar-refractivity contribution in [2.75, 3.05) is 10.6 Å². The molecule has 2 amide bonds. The Labute approximate surface area is 183 Å². The van der Waals surface area contributed by atoms with Gasteiger partial charge in [-0.3, -0.25) is 9.13 Å². The number of urea groups is 1. The normalized spacial score (nSPS) is 10.8. The van der Waals surface area contributed by atoms with Crippen LogP contribution in [0.1, 0.15) is 5.56 Å². The lowest BCUT2D eigenvalue weighted by molar-refractivity contribution is 0.262. The van der Waals surface area contributed by atoms with Crippen molar-refractivity contribution in [1.82, 2.24) is 9.13 Å². The van der Waals surface area contributed by atoms with E-state index in [2.05, 4.69) is 10.6 Å². The van der Waals surface area contributed by atoms with Gasteiger partial charge >= 0.3 is 11.7 Å². The Morgan fingerprint density at radius 2 is 1.55 bits per heavy atom. The molecule has 0 fully saturated rings. The van der Waals surface area contributed by atoms with Gasteiger partial charge < -0.3 is 15.4 Å². The second-order valence-electron chi connectivity index (χ2n) is 7.22. The molecular formula is C23H21ClN4O3. The molecule has 0 saturated heterocycles. The lowest BCUT2D eigenvalue weighted by Crippen LogP contribution is -2.20. The molecule has 0 spiro atoms. The number of hydrogen-bond acceptors (Lipinski definition) is 3. The van der Waals surface area contributed by atoms with Crippen LogP contribution in [0.25, 0.3) is 11.0 Å². The molecule has 4 aromatic rings. The second-order valence-corrected chi connectivity index (χ2v) is 7.62. The van der Waals surface area contributed by atoms with Crippen molar-refractivity contribution in [1.29, 1.82) is 0 Å². The molecule has 0 bridgehead atoms. The number of benzene rings is 3. The first-order chi connectivity index (χ1) is 14.8. The molecule has 4 rings (SSSR count). The van der Waals surface area contributed by atoms with Crippen LogP contribution in [0.4, 0.5) is 16.2 Å². The number of para-hydroxylation sites is 1. The highest BCUT2D eigenvalue weighted by molar-refractivity contribution is 6.33. The summed E-state index contributed by atoms with van der Waals surface area (Å²) < 4.78 is 9.07. The van der Waals surface area contributed by atoms with Gasteiger partial charge in [-0.15, -0.1) is 0 Å². The van der Waals surface area contributed by atoms with Crippen LogP contribution in [-0.2, 0) is 14.1 Å². The maximum atomic E-state index is 12.7. The van der Waals surface area contributed by atoms with Gasteiger partial charge in [-0.2, -0.15) is 0 Å². The predicted octanol–water partition coefficient (Wildman–Crippen LogP) is 5.28. The zero-order valence-corrected chi connectivity index (χ0v) is 18.0. The molecule has 0 radical (unpaired) electrons. The highest BCUT2D eigenvalue weighted by atomic mass is 35.5. The molecule has 0 atom stereocenters. The zero-order chi connectivity index (χ0) is 22.1. The Bertz CT molecular complexity index is 1340. The fraction of sp³-hybridized carbons (Fsp3) is 0.130.